The van der Waals surface area contributed by atoms with Gasteiger partial charge in [-0.15, -0.1) is 0 Å². The maximum atomic E-state index is 11.3. The number of hydrogen-bond donors (Lipinski definition) is 2. The summed E-state index contributed by atoms with van der Waals surface area (Å²) >= 11 is 0. The van der Waals surface area contributed by atoms with Crippen LogP contribution in [0.5, 0.6) is 0 Å². The third kappa shape index (κ3) is 2.94. The molecule has 102 valence electrons. The van der Waals surface area contributed by atoms with Crippen LogP contribution in [0, 0.1) is 0 Å². The molecule has 6 nitrogen and oxygen atoms in total. The Kier molecular flexibility index (Phi) is 3.59. The van der Waals surface area contributed by atoms with Gasteiger partial charge in [0.25, 0.3) is 0 Å². The zero-order valence-corrected chi connectivity index (χ0v) is 10.9. The van der Waals surface area contributed by atoms with Crippen LogP contribution in [0.4, 0.5) is 5.69 Å². The van der Waals surface area contributed by atoms with Crippen molar-refractivity contribution in [1.29, 1.82) is 0 Å². The van der Waals surface area contributed by atoms with Crippen molar-refractivity contribution in [2.45, 2.75) is 11.3 Å². The fourth-order valence-corrected chi connectivity index (χ4v) is 2.54. The summed E-state index contributed by atoms with van der Waals surface area (Å²) < 4.78 is 22.5. The molecule has 1 aliphatic heterocycles. The first kappa shape index (κ1) is 13.6. The third-order valence-electron chi connectivity index (χ3n) is 2.93. The molecule has 0 spiro atoms. The van der Waals surface area contributed by atoms with Gasteiger partial charge in [0, 0.05) is 13.1 Å². The number of hydrogen-bond acceptors (Lipinski definition) is 4. The topological polar surface area (TPSA) is 101 Å². The summed E-state index contributed by atoms with van der Waals surface area (Å²) in [5, 5.41) is 14.2. The maximum absolute atomic E-state index is 11.3. The first-order valence-corrected chi connectivity index (χ1v) is 7.24. The Morgan fingerprint density at radius 1 is 1.32 bits per heavy atom. The van der Waals surface area contributed by atoms with Crippen LogP contribution in [-0.4, -0.2) is 32.6 Å². The van der Waals surface area contributed by atoms with Crippen LogP contribution in [-0.2, 0) is 10.0 Å². The van der Waals surface area contributed by atoms with E-state index in [2.05, 4.69) is 0 Å². The average Bonchev–Trinajstić information content (AvgIpc) is 2.38. The lowest BCUT2D eigenvalue weighted by Crippen LogP contribution is -2.28. The van der Waals surface area contributed by atoms with Gasteiger partial charge in [-0.3, -0.25) is 0 Å². The summed E-state index contributed by atoms with van der Waals surface area (Å²) in [6.45, 7) is 1.31. The quantitative estimate of drug-likeness (QED) is 0.798. The molecule has 1 heterocycles. The smallest absolute Gasteiger partial charge is 0.337 e. The minimum absolute atomic E-state index is 0.0539. The second-order valence-electron chi connectivity index (χ2n) is 4.24. The molecular formula is C12H14N2O4S. The van der Waals surface area contributed by atoms with Gasteiger partial charge in [0.15, 0.2) is 0 Å². The van der Waals surface area contributed by atoms with E-state index in [-0.39, 0.29) is 10.5 Å². The summed E-state index contributed by atoms with van der Waals surface area (Å²) in [5.41, 5.74) is 0.450. The number of rotatable bonds is 3. The lowest BCUT2D eigenvalue weighted by molar-refractivity contribution is 0.0697. The number of carbonyl (C=O) groups is 1. The van der Waals surface area contributed by atoms with Crippen molar-refractivity contribution in [3.8, 4) is 0 Å². The lowest BCUT2D eigenvalue weighted by atomic mass is 10.1. The Hall–Kier alpha value is -1.86. The summed E-state index contributed by atoms with van der Waals surface area (Å²) in [7, 11) is -3.90. The zero-order valence-electron chi connectivity index (χ0n) is 10.1. The molecule has 0 saturated carbocycles. The van der Waals surface area contributed by atoms with Gasteiger partial charge in [0.05, 0.1) is 16.1 Å². The molecule has 0 fully saturated rings. The fraction of sp³-hybridized carbons (Fsp3) is 0.250. The number of carboxylic acids is 1. The first-order chi connectivity index (χ1) is 8.89. The number of anilines is 1. The van der Waals surface area contributed by atoms with Crippen LogP contribution in [0.25, 0.3) is 0 Å². The van der Waals surface area contributed by atoms with Crippen LogP contribution in [0.15, 0.2) is 35.2 Å². The Bertz CT molecular complexity index is 637. The van der Waals surface area contributed by atoms with Gasteiger partial charge in [-0.25, -0.2) is 18.4 Å². The van der Waals surface area contributed by atoms with Crippen LogP contribution < -0.4 is 10.0 Å². The normalized spacial score (nSPS) is 15.5. The molecule has 19 heavy (non-hydrogen) atoms. The minimum Gasteiger partial charge on any atom is -0.478 e. The van der Waals surface area contributed by atoms with Crippen molar-refractivity contribution in [3.63, 3.8) is 0 Å². The number of nitrogens with zero attached hydrogens (tertiary/aromatic N) is 1. The molecule has 1 aliphatic rings. The molecule has 7 heteroatoms. The molecule has 2 rings (SSSR count). The van der Waals surface area contributed by atoms with E-state index in [0.717, 1.165) is 12.5 Å². The van der Waals surface area contributed by atoms with Crippen LogP contribution >= 0.6 is 0 Å². The first-order valence-electron chi connectivity index (χ1n) is 5.69. The molecule has 0 bridgehead atoms. The van der Waals surface area contributed by atoms with Crippen molar-refractivity contribution in [3.05, 3.63) is 35.9 Å². The van der Waals surface area contributed by atoms with Gasteiger partial charge in [-0.05, 0) is 24.6 Å². The summed E-state index contributed by atoms with van der Waals surface area (Å²) in [6, 6.07) is 3.92. The number of sulfonamides is 1. The summed E-state index contributed by atoms with van der Waals surface area (Å²) in [6.07, 6.45) is 4.80. The Balaban J connectivity index is 2.50. The number of nitrogens with two attached hydrogens (primary N) is 1. The van der Waals surface area contributed by atoms with E-state index in [0.29, 0.717) is 18.8 Å². The largest absolute Gasteiger partial charge is 0.478 e. The van der Waals surface area contributed by atoms with Gasteiger partial charge in [-0.1, -0.05) is 12.2 Å². The molecule has 0 saturated heterocycles. The molecule has 0 atom stereocenters. The predicted octanol–water partition coefficient (Wildman–Crippen LogP) is 0.799. The highest BCUT2D eigenvalue weighted by atomic mass is 32.2. The minimum atomic E-state index is -3.90. The fourth-order valence-electron chi connectivity index (χ4n) is 2.00. The summed E-state index contributed by atoms with van der Waals surface area (Å²) in [5.74, 6) is -1.17. The van der Waals surface area contributed by atoms with E-state index in [4.69, 9.17) is 5.14 Å². The van der Waals surface area contributed by atoms with Gasteiger partial charge < -0.3 is 10.0 Å². The van der Waals surface area contributed by atoms with Gasteiger partial charge in [-0.2, -0.15) is 0 Å². The number of aromatic carboxylic acids is 1. The van der Waals surface area contributed by atoms with Crippen LogP contribution in [0.1, 0.15) is 16.8 Å². The summed E-state index contributed by atoms with van der Waals surface area (Å²) in [4.78, 5) is 13.0. The molecule has 0 aromatic heterocycles. The molecular weight excluding hydrogens is 268 g/mol. The molecule has 0 unspecified atom stereocenters. The van der Waals surface area contributed by atoms with E-state index in [1.807, 2.05) is 17.1 Å². The molecule has 3 N–H and O–H groups in total. The Morgan fingerprint density at radius 2 is 2.05 bits per heavy atom. The maximum Gasteiger partial charge on any atom is 0.337 e. The molecule has 0 radical (unpaired) electrons. The molecule has 0 aliphatic carbocycles. The van der Waals surface area contributed by atoms with Crippen LogP contribution in [0.3, 0.4) is 0 Å². The lowest BCUT2D eigenvalue weighted by Gasteiger charge is -2.27. The average molecular weight is 282 g/mol. The Morgan fingerprint density at radius 3 is 2.58 bits per heavy atom. The third-order valence-corrected chi connectivity index (χ3v) is 3.84. The molecule has 0 amide bonds. The van der Waals surface area contributed by atoms with Crippen molar-refractivity contribution in [2.75, 3.05) is 18.0 Å². The number of carboxylic acid groups (broad SMARTS) is 1. The number of primary sulfonamides is 1. The van der Waals surface area contributed by atoms with E-state index in [9.17, 15) is 18.3 Å². The predicted molar refractivity (Wildman–Crippen MR) is 70.7 cm³/mol. The standard InChI is InChI=1S/C12H14N2O4S/c13-19(17,18)9-4-5-11(10(8-9)12(15)16)14-6-2-1-3-7-14/h1-2,4-5,8H,3,6-7H2,(H,15,16)(H2,13,17,18). The highest BCUT2D eigenvalue weighted by Crippen LogP contribution is 2.25. The highest BCUT2D eigenvalue weighted by Gasteiger charge is 2.19. The molecule has 1 aromatic rings. The Labute approximate surface area is 111 Å². The van der Waals surface area contributed by atoms with E-state index in [1.54, 1.807) is 0 Å². The van der Waals surface area contributed by atoms with Gasteiger partial charge >= 0.3 is 5.97 Å². The number of benzene rings is 1. The highest BCUT2D eigenvalue weighted by molar-refractivity contribution is 7.89. The zero-order chi connectivity index (χ0) is 14.0. The van der Waals surface area contributed by atoms with E-state index >= 15 is 0 Å². The van der Waals surface area contributed by atoms with Crippen LogP contribution in [0.2, 0.25) is 0 Å². The van der Waals surface area contributed by atoms with Crippen molar-refractivity contribution < 1.29 is 18.3 Å². The van der Waals surface area contributed by atoms with Crippen molar-refractivity contribution >= 4 is 21.7 Å². The van der Waals surface area contributed by atoms with Gasteiger partial charge in [0.1, 0.15) is 0 Å². The second kappa shape index (κ2) is 5.02. The SMILES string of the molecule is NS(=O)(=O)c1ccc(N2CC=CCC2)c(C(=O)O)c1. The van der Waals surface area contributed by atoms with E-state index in [1.165, 1.54) is 12.1 Å². The second-order valence-corrected chi connectivity index (χ2v) is 5.80. The van der Waals surface area contributed by atoms with Crippen molar-refractivity contribution in [2.24, 2.45) is 5.14 Å². The van der Waals surface area contributed by atoms with E-state index < -0.39 is 16.0 Å². The van der Waals surface area contributed by atoms with Gasteiger partial charge in [0.2, 0.25) is 10.0 Å². The molecule has 1 aromatic carbocycles. The monoisotopic (exact) mass is 282 g/mol. The van der Waals surface area contributed by atoms with Crippen molar-refractivity contribution in [1.82, 2.24) is 0 Å².